The van der Waals surface area contributed by atoms with Crippen molar-refractivity contribution < 1.29 is 18.0 Å². The lowest BCUT2D eigenvalue weighted by molar-refractivity contribution is -0.140. The molecule has 0 radical (unpaired) electrons. The van der Waals surface area contributed by atoms with Gasteiger partial charge in [0, 0.05) is 29.1 Å². The predicted octanol–water partition coefficient (Wildman–Crippen LogP) is 6.89. The first-order chi connectivity index (χ1) is 21.7. The number of amides is 2. The molecular weight excluding hydrogens is 629 g/mol. The monoisotopic (exact) mass is 663 g/mol. The van der Waals surface area contributed by atoms with E-state index < -0.39 is 28.5 Å². The average molecular weight is 665 g/mol. The van der Waals surface area contributed by atoms with E-state index in [2.05, 4.69) is 5.32 Å². The summed E-state index contributed by atoms with van der Waals surface area (Å²) in [5.74, 6) is -0.810. The van der Waals surface area contributed by atoms with E-state index in [9.17, 15) is 18.0 Å². The van der Waals surface area contributed by atoms with Gasteiger partial charge in [-0.05, 0) is 54.3 Å². The highest BCUT2D eigenvalue weighted by Crippen LogP contribution is 2.30. The van der Waals surface area contributed by atoms with Gasteiger partial charge in [-0.25, -0.2) is 8.42 Å². The lowest BCUT2D eigenvalue weighted by Gasteiger charge is -2.34. The highest BCUT2D eigenvalue weighted by atomic mass is 35.5. The normalized spacial score (nSPS) is 14.1. The Morgan fingerprint density at radius 3 is 1.89 bits per heavy atom. The second kappa shape index (κ2) is 15.0. The number of sulfonamides is 1. The van der Waals surface area contributed by atoms with Gasteiger partial charge in [0.15, 0.2) is 0 Å². The molecule has 5 rings (SSSR count). The van der Waals surface area contributed by atoms with Gasteiger partial charge in [0.05, 0.1) is 10.6 Å². The lowest BCUT2D eigenvalue weighted by atomic mass is 10.0. The quantitative estimate of drug-likeness (QED) is 0.179. The van der Waals surface area contributed by atoms with Crippen molar-refractivity contribution in [2.24, 2.45) is 0 Å². The topological polar surface area (TPSA) is 86.8 Å². The second-order valence-corrected chi connectivity index (χ2v) is 13.9. The standard InChI is InChI=1S/C35H35Cl2N3O4S/c36-28-21-29(37)23-31(22-28)40(45(43,44)32-18-8-3-9-19-32)25-34(41)39(24-27-14-6-2-7-15-27)33(20-26-12-4-1-5-13-26)35(42)38-30-16-10-11-17-30/h1-9,12-15,18-19,21-23,30,33H,10-11,16-17,20,24-25H2,(H,38,42)/t33-/m1/s1. The van der Waals surface area contributed by atoms with Gasteiger partial charge in [-0.2, -0.15) is 0 Å². The molecule has 234 valence electrons. The van der Waals surface area contributed by atoms with Crippen LogP contribution in [0.1, 0.15) is 36.8 Å². The molecule has 1 saturated carbocycles. The fraction of sp³-hybridized carbons (Fsp3) is 0.257. The number of rotatable bonds is 12. The Bertz CT molecular complexity index is 1680. The summed E-state index contributed by atoms with van der Waals surface area (Å²) >= 11 is 12.6. The smallest absolute Gasteiger partial charge is 0.264 e. The second-order valence-electron chi connectivity index (χ2n) is 11.2. The van der Waals surface area contributed by atoms with Gasteiger partial charge in [-0.15, -0.1) is 0 Å². The lowest BCUT2D eigenvalue weighted by Crippen LogP contribution is -2.54. The first-order valence-electron chi connectivity index (χ1n) is 14.9. The van der Waals surface area contributed by atoms with Gasteiger partial charge in [-0.1, -0.05) is 115 Å². The molecule has 2 amide bonds. The van der Waals surface area contributed by atoms with E-state index in [1.807, 2.05) is 60.7 Å². The van der Waals surface area contributed by atoms with E-state index in [0.29, 0.717) is 0 Å². The number of nitrogens with zero attached hydrogens (tertiary/aromatic N) is 2. The third-order valence-electron chi connectivity index (χ3n) is 7.91. The minimum absolute atomic E-state index is 0.00307. The molecule has 4 aromatic rings. The van der Waals surface area contributed by atoms with Crippen molar-refractivity contribution >= 4 is 50.7 Å². The van der Waals surface area contributed by atoms with E-state index >= 15 is 0 Å². The summed E-state index contributed by atoms with van der Waals surface area (Å²) in [5.41, 5.74) is 1.82. The summed E-state index contributed by atoms with van der Waals surface area (Å²) < 4.78 is 29.2. The van der Waals surface area contributed by atoms with Crippen LogP contribution in [0.5, 0.6) is 0 Å². The molecular formula is C35H35Cl2N3O4S. The molecule has 0 heterocycles. The number of carbonyl (C=O) groups excluding carboxylic acids is 2. The van der Waals surface area contributed by atoms with E-state index in [-0.39, 0.29) is 45.5 Å². The summed E-state index contributed by atoms with van der Waals surface area (Å²) in [6, 6.07) is 30.3. The zero-order chi connectivity index (χ0) is 31.8. The third kappa shape index (κ3) is 8.45. The van der Waals surface area contributed by atoms with E-state index in [4.69, 9.17) is 23.2 Å². The third-order valence-corrected chi connectivity index (χ3v) is 10.1. The van der Waals surface area contributed by atoms with E-state index in [0.717, 1.165) is 41.1 Å². The van der Waals surface area contributed by atoms with Gasteiger partial charge in [0.25, 0.3) is 10.0 Å². The highest BCUT2D eigenvalue weighted by Gasteiger charge is 2.35. The average Bonchev–Trinajstić information content (AvgIpc) is 3.55. The van der Waals surface area contributed by atoms with E-state index in [1.54, 1.807) is 18.2 Å². The highest BCUT2D eigenvalue weighted by molar-refractivity contribution is 7.92. The fourth-order valence-electron chi connectivity index (χ4n) is 5.63. The molecule has 0 aromatic heterocycles. The first kappa shape index (κ1) is 32.5. The molecule has 1 aliphatic carbocycles. The molecule has 0 aliphatic heterocycles. The minimum atomic E-state index is -4.24. The van der Waals surface area contributed by atoms with Crippen LogP contribution in [0.15, 0.2) is 114 Å². The molecule has 1 fully saturated rings. The zero-order valence-electron chi connectivity index (χ0n) is 24.7. The summed E-state index contributed by atoms with van der Waals surface area (Å²) in [7, 11) is -4.24. The van der Waals surface area contributed by atoms with Gasteiger partial charge in [-0.3, -0.25) is 13.9 Å². The molecule has 1 N–H and O–H groups in total. The summed E-state index contributed by atoms with van der Waals surface area (Å²) in [6.07, 6.45) is 4.10. The SMILES string of the molecule is O=C(NC1CCCC1)[C@@H](Cc1ccccc1)N(Cc1ccccc1)C(=O)CN(c1cc(Cl)cc(Cl)c1)S(=O)(=O)c1ccccc1. The number of hydrogen-bond acceptors (Lipinski definition) is 4. The number of carbonyl (C=O) groups is 2. The Balaban J connectivity index is 1.56. The van der Waals surface area contributed by atoms with Gasteiger partial charge in [0.2, 0.25) is 11.8 Å². The number of hydrogen-bond donors (Lipinski definition) is 1. The van der Waals surface area contributed by atoms with Crippen LogP contribution < -0.4 is 9.62 Å². The van der Waals surface area contributed by atoms with Crippen LogP contribution in [0.4, 0.5) is 5.69 Å². The maximum atomic E-state index is 14.5. The molecule has 7 nitrogen and oxygen atoms in total. The number of benzene rings is 4. The van der Waals surface area contributed by atoms with Crippen molar-refractivity contribution in [2.75, 3.05) is 10.8 Å². The number of anilines is 1. The molecule has 1 aliphatic rings. The molecule has 4 aromatic carbocycles. The van der Waals surface area contributed by atoms with Crippen LogP contribution >= 0.6 is 23.2 Å². The van der Waals surface area contributed by atoms with Crippen LogP contribution in [0, 0.1) is 0 Å². The van der Waals surface area contributed by atoms with Crippen LogP contribution in [-0.4, -0.2) is 43.8 Å². The maximum Gasteiger partial charge on any atom is 0.264 e. The molecule has 0 unspecified atom stereocenters. The Hall–Kier alpha value is -3.85. The molecule has 0 saturated heterocycles. The fourth-order valence-corrected chi connectivity index (χ4v) is 7.57. The molecule has 10 heteroatoms. The Kier molecular flexibility index (Phi) is 10.8. The molecule has 0 bridgehead atoms. The van der Waals surface area contributed by atoms with Gasteiger partial charge >= 0.3 is 0 Å². The summed E-state index contributed by atoms with van der Waals surface area (Å²) in [6.45, 7) is -0.479. The van der Waals surface area contributed by atoms with Crippen LogP contribution in [-0.2, 0) is 32.6 Å². The summed E-state index contributed by atoms with van der Waals surface area (Å²) in [5, 5.41) is 3.62. The molecule has 1 atom stereocenters. The van der Waals surface area contributed by atoms with Crippen molar-refractivity contribution in [3.63, 3.8) is 0 Å². The Labute approximate surface area is 274 Å². The molecule has 0 spiro atoms. The summed E-state index contributed by atoms with van der Waals surface area (Å²) in [4.78, 5) is 30.1. The van der Waals surface area contributed by atoms with Crippen molar-refractivity contribution in [2.45, 2.75) is 55.6 Å². The number of nitrogens with one attached hydrogen (secondary N) is 1. The van der Waals surface area contributed by atoms with Crippen LogP contribution in [0.3, 0.4) is 0 Å². The van der Waals surface area contributed by atoms with E-state index in [1.165, 1.54) is 35.2 Å². The molecule has 45 heavy (non-hydrogen) atoms. The van der Waals surface area contributed by atoms with Crippen molar-refractivity contribution in [1.29, 1.82) is 0 Å². The number of halogens is 2. The van der Waals surface area contributed by atoms with Crippen molar-refractivity contribution in [3.8, 4) is 0 Å². The van der Waals surface area contributed by atoms with Crippen LogP contribution in [0.25, 0.3) is 0 Å². The zero-order valence-corrected chi connectivity index (χ0v) is 27.0. The minimum Gasteiger partial charge on any atom is -0.352 e. The predicted molar refractivity (Wildman–Crippen MR) is 179 cm³/mol. The maximum absolute atomic E-state index is 14.5. The van der Waals surface area contributed by atoms with Crippen molar-refractivity contribution in [3.05, 3.63) is 130 Å². The Morgan fingerprint density at radius 1 is 0.778 bits per heavy atom. The van der Waals surface area contributed by atoms with Crippen LogP contribution in [0.2, 0.25) is 10.0 Å². The van der Waals surface area contributed by atoms with Crippen molar-refractivity contribution in [1.82, 2.24) is 10.2 Å². The van der Waals surface area contributed by atoms with Gasteiger partial charge < -0.3 is 10.2 Å². The Morgan fingerprint density at radius 2 is 1.31 bits per heavy atom. The largest absolute Gasteiger partial charge is 0.352 e. The first-order valence-corrected chi connectivity index (χ1v) is 17.1. The van der Waals surface area contributed by atoms with Gasteiger partial charge in [0.1, 0.15) is 12.6 Å².